The number of hydrogen-bond donors (Lipinski definition) is 1. The van der Waals surface area contributed by atoms with E-state index in [9.17, 15) is 4.79 Å². The van der Waals surface area contributed by atoms with Crippen LogP contribution in [0.2, 0.25) is 0 Å². The summed E-state index contributed by atoms with van der Waals surface area (Å²) in [5.74, 6) is 0.600. The fourth-order valence-electron chi connectivity index (χ4n) is 5.23. The number of fused-ring (bicyclic) bond motifs is 2. The number of alkyl halides is 1. The van der Waals surface area contributed by atoms with Crippen LogP contribution < -0.4 is 9.64 Å². The number of halogens is 1. The summed E-state index contributed by atoms with van der Waals surface area (Å²) < 4.78 is 32.4. The van der Waals surface area contributed by atoms with Crippen LogP contribution >= 0.6 is 11.3 Å². The molecule has 0 saturated carbocycles. The van der Waals surface area contributed by atoms with Crippen LogP contribution in [0, 0.1) is 0 Å². The van der Waals surface area contributed by atoms with Crippen molar-refractivity contribution in [1.82, 2.24) is 25.3 Å². The lowest BCUT2D eigenvalue weighted by Gasteiger charge is -2.44. The number of benzene rings is 1. The van der Waals surface area contributed by atoms with Crippen LogP contribution in [0.4, 0.5) is 14.3 Å². The lowest BCUT2D eigenvalue weighted by Crippen LogP contribution is -2.59. The second kappa shape index (κ2) is 10.5. The molecule has 0 radical (unpaired) electrons. The van der Waals surface area contributed by atoms with E-state index in [1.54, 1.807) is 18.2 Å². The van der Waals surface area contributed by atoms with E-state index in [4.69, 9.17) is 14.2 Å². The lowest BCUT2D eigenvalue weighted by molar-refractivity contribution is -0.0103. The summed E-state index contributed by atoms with van der Waals surface area (Å²) in [4.78, 5) is 16.3. The third kappa shape index (κ3) is 5.19. The minimum absolute atomic E-state index is 0.0637. The monoisotopic (exact) mass is 544 g/mol. The smallest absolute Gasteiger partial charge is 0.410 e. The van der Waals surface area contributed by atoms with E-state index in [0.717, 1.165) is 23.1 Å². The number of nitrogens with zero attached hydrogens (tertiary/aromatic N) is 5. The molecule has 2 fully saturated rings. The van der Waals surface area contributed by atoms with Gasteiger partial charge in [-0.25, -0.2) is 9.18 Å². The third-order valence-corrected chi connectivity index (χ3v) is 8.04. The Balaban J connectivity index is 1.35. The molecule has 0 aliphatic carbocycles. The first kappa shape index (κ1) is 26.4. The number of hydrogen-bond acceptors (Lipinski definition) is 9. The first-order valence-electron chi connectivity index (χ1n) is 12.6. The van der Waals surface area contributed by atoms with Crippen LogP contribution in [-0.4, -0.2) is 82.2 Å². The van der Waals surface area contributed by atoms with Gasteiger partial charge in [0.1, 0.15) is 17.5 Å². The van der Waals surface area contributed by atoms with Gasteiger partial charge in [-0.2, -0.15) is 5.10 Å². The summed E-state index contributed by atoms with van der Waals surface area (Å²) in [6.07, 6.45) is 3.77. The number of nitrogens with one attached hydrogen (secondary N) is 1. The van der Waals surface area contributed by atoms with Gasteiger partial charge in [-0.1, -0.05) is 17.4 Å². The van der Waals surface area contributed by atoms with E-state index in [1.165, 1.54) is 11.3 Å². The molecule has 1 aromatic carbocycles. The molecular formula is C26H33FN6O4S. The molecule has 2 aliphatic rings. The van der Waals surface area contributed by atoms with E-state index < -0.39 is 29.9 Å². The number of ether oxygens (including phenoxy) is 3. The van der Waals surface area contributed by atoms with Crippen molar-refractivity contribution in [3.05, 3.63) is 30.6 Å². The van der Waals surface area contributed by atoms with Crippen molar-refractivity contribution in [2.24, 2.45) is 0 Å². The molecule has 5 rings (SSSR count). The van der Waals surface area contributed by atoms with Crippen LogP contribution in [-0.2, 0) is 9.47 Å². The molecule has 1 amide bonds. The Morgan fingerprint density at radius 1 is 1.26 bits per heavy atom. The molecular weight excluding hydrogens is 511 g/mol. The number of rotatable bonds is 7. The lowest BCUT2D eigenvalue weighted by atomic mass is 9.95. The van der Waals surface area contributed by atoms with Gasteiger partial charge in [0.15, 0.2) is 11.8 Å². The van der Waals surface area contributed by atoms with Gasteiger partial charge in [0, 0.05) is 32.0 Å². The highest BCUT2D eigenvalue weighted by molar-refractivity contribution is 7.18. The van der Waals surface area contributed by atoms with Crippen molar-refractivity contribution in [2.75, 3.05) is 25.9 Å². The number of piperidine rings is 1. The average Bonchev–Trinajstić information content (AvgIpc) is 3.63. The van der Waals surface area contributed by atoms with Gasteiger partial charge in [-0.05, 0) is 57.7 Å². The zero-order valence-corrected chi connectivity index (χ0v) is 23.0. The quantitative estimate of drug-likeness (QED) is 0.419. The van der Waals surface area contributed by atoms with Gasteiger partial charge in [0.2, 0.25) is 5.13 Å². The van der Waals surface area contributed by atoms with Gasteiger partial charge in [0.05, 0.1) is 23.8 Å². The van der Waals surface area contributed by atoms with Gasteiger partial charge < -0.3 is 19.1 Å². The van der Waals surface area contributed by atoms with Gasteiger partial charge in [-0.15, -0.1) is 10.2 Å². The number of aromatic nitrogens is 4. The normalized spacial score (nSPS) is 22.9. The molecule has 4 heterocycles. The van der Waals surface area contributed by atoms with Crippen LogP contribution in [0.1, 0.15) is 40.0 Å². The van der Waals surface area contributed by atoms with E-state index in [-0.39, 0.29) is 12.8 Å². The number of H-pyrrole nitrogens is 1. The molecule has 0 spiro atoms. The third-order valence-electron chi connectivity index (χ3n) is 6.99. The zero-order chi connectivity index (χ0) is 27.0. The highest BCUT2D eigenvalue weighted by Crippen LogP contribution is 2.43. The Bertz CT molecular complexity index is 1260. The number of methoxy groups -OCH3 is 1. The standard InChI is InChI=1S/C26H33FN6O4S/c1-26(2,3)37-25(34)33-17-7-9-19(33)22(27)20(11-17)32(4)24-31-30-23(38-24)18-8-6-15(16-12-28-29-13-16)10-21(18)36-14-35-5/h6,8,10,12-13,17,19-20,22H,7,9,11,14H2,1-5H3,(H,28,29)/t17-,19+,20-,22+/m1/s1. The summed E-state index contributed by atoms with van der Waals surface area (Å²) in [6, 6.07) is 4.81. The molecule has 204 valence electrons. The first-order chi connectivity index (χ1) is 18.2. The Labute approximate surface area is 225 Å². The van der Waals surface area contributed by atoms with Crippen molar-refractivity contribution >= 4 is 22.6 Å². The van der Waals surface area contributed by atoms with E-state index in [0.29, 0.717) is 28.7 Å². The predicted octanol–water partition coefficient (Wildman–Crippen LogP) is 4.89. The molecule has 2 aromatic heterocycles. The fraction of sp³-hybridized carbons (Fsp3) is 0.538. The zero-order valence-electron chi connectivity index (χ0n) is 22.2. The van der Waals surface area contributed by atoms with Gasteiger partial charge >= 0.3 is 6.09 Å². The number of aromatic amines is 1. The molecule has 2 bridgehead atoms. The summed E-state index contributed by atoms with van der Waals surface area (Å²) in [6.45, 7) is 5.55. The van der Waals surface area contributed by atoms with Crippen LogP contribution in [0.15, 0.2) is 30.6 Å². The Kier molecular flexibility index (Phi) is 7.28. The molecule has 0 unspecified atom stereocenters. The summed E-state index contributed by atoms with van der Waals surface area (Å²) in [5, 5.41) is 16.9. The van der Waals surface area contributed by atoms with Crippen molar-refractivity contribution < 1.29 is 23.4 Å². The molecule has 12 heteroatoms. The molecule has 4 atom stereocenters. The van der Waals surface area contributed by atoms with Gasteiger partial charge in [0.25, 0.3) is 0 Å². The SMILES string of the molecule is COCOc1cc(-c2cn[nH]c2)ccc1-c1nnc(N(C)[C@@H]2C[C@H]3CC[C@@H]([C@@H]2F)N3C(=O)OC(C)(C)C)s1. The molecule has 1 N–H and O–H groups in total. The molecule has 10 nitrogen and oxygen atoms in total. The Morgan fingerprint density at radius 2 is 2.08 bits per heavy atom. The molecule has 38 heavy (non-hydrogen) atoms. The topological polar surface area (TPSA) is 106 Å². The number of anilines is 1. The van der Waals surface area contributed by atoms with E-state index in [2.05, 4.69) is 20.4 Å². The van der Waals surface area contributed by atoms with Crippen molar-refractivity contribution in [1.29, 1.82) is 0 Å². The predicted molar refractivity (Wildman–Crippen MR) is 142 cm³/mol. The average molecular weight is 545 g/mol. The number of carbonyl (C=O) groups excluding carboxylic acids is 1. The van der Waals surface area contributed by atoms with Crippen LogP contribution in [0.5, 0.6) is 5.75 Å². The molecule has 2 aliphatic heterocycles. The maximum Gasteiger partial charge on any atom is 0.410 e. The minimum atomic E-state index is -1.23. The summed E-state index contributed by atoms with van der Waals surface area (Å²) in [7, 11) is 3.40. The largest absolute Gasteiger partial charge is 0.467 e. The minimum Gasteiger partial charge on any atom is -0.467 e. The number of carbonyl (C=O) groups is 1. The highest BCUT2D eigenvalue weighted by atomic mass is 32.1. The second-order valence-corrected chi connectivity index (χ2v) is 11.6. The first-order valence-corrected chi connectivity index (χ1v) is 13.4. The van der Waals surface area contributed by atoms with Crippen LogP contribution in [0.3, 0.4) is 0 Å². The maximum absolute atomic E-state index is 15.9. The Hall–Kier alpha value is -3.25. The fourth-order valence-corrected chi connectivity index (χ4v) is 6.12. The van der Waals surface area contributed by atoms with Crippen molar-refractivity contribution in [3.63, 3.8) is 0 Å². The van der Waals surface area contributed by atoms with Crippen molar-refractivity contribution in [3.8, 4) is 27.4 Å². The van der Waals surface area contributed by atoms with Crippen LogP contribution in [0.25, 0.3) is 21.7 Å². The summed E-state index contributed by atoms with van der Waals surface area (Å²) >= 11 is 1.37. The Morgan fingerprint density at radius 3 is 2.79 bits per heavy atom. The number of amides is 1. The second-order valence-electron chi connectivity index (χ2n) is 10.7. The van der Waals surface area contributed by atoms with Crippen molar-refractivity contribution in [2.45, 2.75) is 69.9 Å². The summed E-state index contributed by atoms with van der Waals surface area (Å²) in [5.41, 5.74) is 2.01. The maximum atomic E-state index is 15.9. The molecule has 2 saturated heterocycles. The highest BCUT2D eigenvalue weighted by Gasteiger charge is 2.52. The van der Waals surface area contributed by atoms with Gasteiger partial charge in [-0.3, -0.25) is 10.00 Å². The molecule has 3 aromatic rings. The van der Waals surface area contributed by atoms with E-state index >= 15 is 4.39 Å². The van der Waals surface area contributed by atoms with E-state index in [1.807, 2.05) is 57.1 Å².